The van der Waals surface area contributed by atoms with Crippen LogP contribution in [0, 0.1) is 6.92 Å². The molecule has 0 saturated heterocycles. The molecule has 0 saturated carbocycles. The maximum Gasteiger partial charge on any atom is 0.336 e. The second-order valence-corrected chi connectivity index (χ2v) is 8.02. The number of quaternary nitrogens is 1. The van der Waals surface area contributed by atoms with Crippen molar-refractivity contribution in [3.05, 3.63) is 74.1 Å². The summed E-state index contributed by atoms with van der Waals surface area (Å²) in [5, 5.41) is 1.80. The zero-order chi connectivity index (χ0) is 19.7. The lowest BCUT2D eigenvalue weighted by atomic mass is 9.98. The van der Waals surface area contributed by atoms with Gasteiger partial charge in [-0.1, -0.05) is 37.1 Å². The molecule has 4 nitrogen and oxygen atoms in total. The van der Waals surface area contributed by atoms with E-state index in [1.165, 1.54) is 16.0 Å². The van der Waals surface area contributed by atoms with Gasteiger partial charge in [-0.25, -0.2) is 4.79 Å². The Labute approximate surface area is 169 Å². The van der Waals surface area contributed by atoms with Crippen LogP contribution >= 0.6 is 11.6 Å². The number of aryl methyl sites for hydroxylation is 2. The van der Waals surface area contributed by atoms with E-state index in [4.69, 9.17) is 20.8 Å². The molecular weight excluding hydrogens is 374 g/mol. The molecule has 0 spiro atoms. The molecule has 5 heteroatoms. The molecule has 1 aliphatic heterocycles. The van der Waals surface area contributed by atoms with Crippen LogP contribution in [0.25, 0.3) is 11.0 Å². The third-order valence-electron chi connectivity index (χ3n) is 5.38. The maximum atomic E-state index is 12.0. The van der Waals surface area contributed by atoms with Crippen LogP contribution < -0.4 is 15.3 Å². The largest absolute Gasteiger partial charge is 0.444 e. The van der Waals surface area contributed by atoms with Gasteiger partial charge >= 0.3 is 5.63 Å². The van der Waals surface area contributed by atoms with Crippen LogP contribution in [0.1, 0.15) is 42.0 Å². The van der Waals surface area contributed by atoms with E-state index in [0.29, 0.717) is 12.3 Å². The first-order valence-corrected chi connectivity index (χ1v) is 10.2. The van der Waals surface area contributed by atoms with Crippen LogP contribution in [0.15, 0.2) is 45.6 Å². The molecule has 0 bridgehead atoms. The molecule has 1 atom stereocenters. The van der Waals surface area contributed by atoms with Crippen LogP contribution in [0.2, 0.25) is 5.02 Å². The Bertz CT molecular complexity index is 1070. The predicted molar refractivity (Wildman–Crippen MR) is 111 cm³/mol. The fourth-order valence-electron chi connectivity index (χ4n) is 4.02. The molecular formula is C23H25ClNO3+. The fourth-order valence-corrected chi connectivity index (χ4v) is 4.23. The van der Waals surface area contributed by atoms with Gasteiger partial charge in [0.25, 0.3) is 0 Å². The van der Waals surface area contributed by atoms with Gasteiger partial charge in [0.1, 0.15) is 24.4 Å². The summed E-state index contributed by atoms with van der Waals surface area (Å²) < 4.78 is 11.7. The predicted octanol–water partition coefficient (Wildman–Crippen LogP) is 4.03. The second kappa shape index (κ2) is 7.98. The number of halogens is 1. The van der Waals surface area contributed by atoms with Gasteiger partial charge in [-0.15, -0.1) is 0 Å². The summed E-state index contributed by atoms with van der Waals surface area (Å²) in [5.74, 6) is 0.859. The summed E-state index contributed by atoms with van der Waals surface area (Å²) in [6.07, 6.45) is 3.03. The van der Waals surface area contributed by atoms with E-state index in [0.717, 1.165) is 59.6 Å². The first kappa shape index (κ1) is 19.0. The average molecular weight is 399 g/mol. The van der Waals surface area contributed by atoms with Crippen molar-refractivity contribution in [3.8, 4) is 5.75 Å². The summed E-state index contributed by atoms with van der Waals surface area (Å²) in [4.78, 5) is 13.4. The summed E-state index contributed by atoms with van der Waals surface area (Å²) >= 11 is 6.13. The van der Waals surface area contributed by atoms with Gasteiger partial charge in [-0.2, -0.15) is 0 Å². The van der Waals surface area contributed by atoms with Crippen molar-refractivity contribution in [2.75, 3.05) is 6.73 Å². The van der Waals surface area contributed by atoms with Crippen LogP contribution in [-0.2, 0) is 19.5 Å². The van der Waals surface area contributed by atoms with Crippen molar-refractivity contribution in [2.24, 2.45) is 0 Å². The van der Waals surface area contributed by atoms with Gasteiger partial charge in [0.05, 0.1) is 0 Å². The topological polar surface area (TPSA) is 43.9 Å². The highest BCUT2D eigenvalue weighted by atomic mass is 35.5. The number of rotatable bonds is 5. The Kier molecular flexibility index (Phi) is 5.42. The third kappa shape index (κ3) is 3.80. The lowest BCUT2D eigenvalue weighted by molar-refractivity contribution is -0.945. The van der Waals surface area contributed by atoms with Crippen LogP contribution in [0.3, 0.4) is 0 Å². The molecule has 2 heterocycles. The Hall–Kier alpha value is -2.30. The van der Waals surface area contributed by atoms with Gasteiger partial charge in [0.2, 0.25) is 6.73 Å². The van der Waals surface area contributed by atoms with Crippen LogP contribution in [-0.4, -0.2) is 6.73 Å². The number of ether oxygens (including phenoxy) is 1. The molecule has 0 amide bonds. The number of hydrogen-bond acceptors (Lipinski definition) is 3. The molecule has 0 aliphatic carbocycles. The van der Waals surface area contributed by atoms with Gasteiger partial charge in [0, 0.05) is 33.2 Å². The smallest absolute Gasteiger partial charge is 0.336 e. The molecule has 28 heavy (non-hydrogen) atoms. The zero-order valence-corrected chi connectivity index (χ0v) is 17.1. The summed E-state index contributed by atoms with van der Waals surface area (Å²) in [6.45, 7) is 6.43. The molecule has 3 aromatic rings. The Balaban J connectivity index is 1.69. The first-order chi connectivity index (χ1) is 13.5. The maximum absolute atomic E-state index is 12.0. The van der Waals surface area contributed by atoms with E-state index in [1.54, 1.807) is 6.07 Å². The minimum absolute atomic E-state index is 0.286. The van der Waals surface area contributed by atoms with Crippen molar-refractivity contribution < 1.29 is 14.1 Å². The zero-order valence-electron chi connectivity index (χ0n) is 16.3. The molecule has 1 unspecified atom stereocenters. The standard InChI is InChI=1S/C23H24ClNO3/c1-3-4-7-17-11-21(26)28-23-15(2)22-18(10-20(17)23)13-25(14-27-22)12-16-6-5-8-19(24)9-16/h5-6,8-11H,3-4,7,12-14H2,1-2H3/p+1. The highest BCUT2D eigenvalue weighted by Crippen LogP contribution is 2.33. The van der Waals surface area contributed by atoms with Crippen LogP contribution in [0.4, 0.5) is 0 Å². The van der Waals surface area contributed by atoms with Gasteiger partial charge in [0.15, 0.2) is 0 Å². The van der Waals surface area contributed by atoms with Crippen molar-refractivity contribution in [1.29, 1.82) is 0 Å². The number of benzene rings is 2. The minimum atomic E-state index is -0.286. The first-order valence-electron chi connectivity index (χ1n) is 9.85. The molecule has 2 aromatic carbocycles. The highest BCUT2D eigenvalue weighted by molar-refractivity contribution is 6.30. The molecule has 0 fully saturated rings. The third-order valence-corrected chi connectivity index (χ3v) is 5.62. The monoisotopic (exact) mass is 398 g/mol. The van der Waals surface area contributed by atoms with E-state index >= 15 is 0 Å². The van der Waals surface area contributed by atoms with Crippen molar-refractivity contribution in [2.45, 2.75) is 46.2 Å². The molecule has 0 radical (unpaired) electrons. The lowest BCUT2D eigenvalue weighted by Crippen LogP contribution is -3.10. The molecule has 1 aromatic heterocycles. The van der Waals surface area contributed by atoms with E-state index in [-0.39, 0.29) is 5.63 Å². The van der Waals surface area contributed by atoms with Gasteiger partial charge in [-0.05, 0) is 43.5 Å². The number of unbranched alkanes of at least 4 members (excludes halogenated alkanes) is 1. The number of fused-ring (bicyclic) bond motifs is 2. The molecule has 1 aliphatic rings. The molecule has 1 N–H and O–H groups in total. The number of nitrogens with one attached hydrogen (secondary N) is 1. The highest BCUT2D eigenvalue weighted by Gasteiger charge is 2.25. The van der Waals surface area contributed by atoms with E-state index in [1.807, 2.05) is 25.1 Å². The lowest BCUT2D eigenvalue weighted by Gasteiger charge is -2.28. The summed E-state index contributed by atoms with van der Waals surface area (Å²) in [7, 11) is 0. The fraction of sp³-hybridized carbons (Fsp3) is 0.348. The molecule has 146 valence electrons. The van der Waals surface area contributed by atoms with Crippen molar-refractivity contribution in [1.82, 2.24) is 0 Å². The van der Waals surface area contributed by atoms with Gasteiger partial charge in [-0.3, -0.25) is 4.90 Å². The quantitative estimate of drug-likeness (QED) is 0.660. The summed E-state index contributed by atoms with van der Waals surface area (Å²) in [6, 6.07) is 11.8. The van der Waals surface area contributed by atoms with Crippen LogP contribution in [0.5, 0.6) is 5.75 Å². The summed E-state index contributed by atoms with van der Waals surface area (Å²) in [5.41, 5.74) is 4.73. The molecule has 4 rings (SSSR count). The minimum Gasteiger partial charge on any atom is -0.444 e. The van der Waals surface area contributed by atoms with Crippen molar-refractivity contribution >= 4 is 22.6 Å². The van der Waals surface area contributed by atoms with Gasteiger partial charge < -0.3 is 9.15 Å². The van der Waals surface area contributed by atoms with E-state index < -0.39 is 0 Å². The Morgan fingerprint density at radius 3 is 2.86 bits per heavy atom. The second-order valence-electron chi connectivity index (χ2n) is 7.58. The SMILES string of the molecule is CCCCc1cc(=O)oc2c(C)c3c(cc12)C[NH+](Cc1cccc(Cl)c1)CO3. The van der Waals surface area contributed by atoms with E-state index in [9.17, 15) is 4.79 Å². The Morgan fingerprint density at radius 1 is 1.21 bits per heavy atom. The average Bonchev–Trinajstić information content (AvgIpc) is 2.67. The number of hydrogen-bond donors (Lipinski definition) is 1. The Morgan fingerprint density at radius 2 is 2.07 bits per heavy atom. The normalized spacial score (nSPS) is 16.0. The van der Waals surface area contributed by atoms with E-state index in [2.05, 4.69) is 19.1 Å². The van der Waals surface area contributed by atoms with Crippen molar-refractivity contribution in [3.63, 3.8) is 0 Å².